The van der Waals surface area contributed by atoms with Crippen molar-refractivity contribution in [1.82, 2.24) is 14.0 Å². The fourth-order valence-electron chi connectivity index (χ4n) is 4.11. The van der Waals surface area contributed by atoms with Crippen LogP contribution in [-0.4, -0.2) is 32.5 Å². The number of piperidine rings is 1. The average molecular weight is 331 g/mol. The summed E-state index contributed by atoms with van der Waals surface area (Å²) in [6, 6.07) is 0.354. The summed E-state index contributed by atoms with van der Waals surface area (Å²) in [4.78, 5) is 38.5. The Labute approximate surface area is 141 Å². The van der Waals surface area contributed by atoms with Gasteiger partial charge in [-0.05, 0) is 37.7 Å². The molecule has 0 spiro atoms. The third kappa shape index (κ3) is 3.09. The topological polar surface area (TPSA) is 64.3 Å². The Bertz CT molecular complexity index is 773. The van der Waals surface area contributed by atoms with Gasteiger partial charge < -0.3 is 9.47 Å². The van der Waals surface area contributed by atoms with Gasteiger partial charge in [0.1, 0.15) is 0 Å². The second kappa shape index (κ2) is 6.79. The van der Waals surface area contributed by atoms with Crippen molar-refractivity contribution in [2.75, 3.05) is 6.54 Å². The van der Waals surface area contributed by atoms with Crippen molar-refractivity contribution in [3.63, 3.8) is 0 Å². The molecule has 0 aromatic carbocycles. The number of hydrogen-bond acceptors (Lipinski definition) is 3. The third-order valence-electron chi connectivity index (χ3n) is 5.40. The fourth-order valence-corrected chi connectivity index (χ4v) is 4.11. The highest BCUT2D eigenvalue weighted by Gasteiger charge is 2.34. The first-order valence-corrected chi connectivity index (χ1v) is 8.74. The van der Waals surface area contributed by atoms with Gasteiger partial charge in [0.15, 0.2) is 0 Å². The van der Waals surface area contributed by atoms with Crippen molar-refractivity contribution >= 4 is 12.0 Å². The van der Waals surface area contributed by atoms with Crippen LogP contribution in [0.15, 0.2) is 21.9 Å². The lowest BCUT2D eigenvalue weighted by Crippen LogP contribution is -2.49. The zero-order chi connectivity index (χ0) is 17.3. The largest absolute Gasteiger partial charge is 0.336 e. The monoisotopic (exact) mass is 331 g/mol. The zero-order valence-corrected chi connectivity index (χ0v) is 14.4. The Morgan fingerprint density at radius 3 is 2.62 bits per heavy atom. The van der Waals surface area contributed by atoms with E-state index in [1.807, 2.05) is 4.90 Å². The van der Waals surface area contributed by atoms with Crippen LogP contribution < -0.4 is 11.2 Å². The first-order valence-electron chi connectivity index (χ1n) is 8.74. The van der Waals surface area contributed by atoms with Crippen molar-refractivity contribution in [2.24, 2.45) is 20.0 Å². The number of fused-ring (bicyclic) bond motifs is 1. The minimum absolute atomic E-state index is 0.0255. The van der Waals surface area contributed by atoms with Gasteiger partial charge in [-0.15, -0.1) is 0 Å². The van der Waals surface area contributed by atoms with Crippen LogP contribution in [-0.2, 0) is 18.9 Å². The van der Waals surface area contributed by atoms with E-state index in [2.05, 4.69) is 0 Å². The predicted molar refractivity (Wildman–Crippen MR) is 92.7 cm³/mol. The number of nitrogens with zero attached hydrogens (tertiary/aromatic N) is 3. The minimum atomic E-state index is -0.378. The van der Waals surface area contributed by atoms with Crippen molar-refractivity contribution in [3.8, 4) is 0 Å². The summed E-state index contributed by atoms with van der Waals surface area (Å²) >= 11 is 0. The van der Waals surface area contributed by atoms with E-state index in [1.54, 1.807) is 7.05 Å². The predicted octanol–water partition coefficient (Wildman–Crippen LogP) is 1.28. The van der Waals surface area contributed by atoms with Gasteiger partial charge in [-0.25, -0.2) is 4.79 Å². The molecule has 1 aliphatic carbocycles. The van der Waals surface area contributed by atoms with Crippen molar-refractivity contribution < 1.29 is 4.79 Å². The maximum Gasteiger partial charge on any atom is 0.330 e. The van der Waals surface area contributed by atoms with Crippen LogP contribution in [0, 0.1) is 5.92 Å². The number of rotatable bonds is 2. The summed E-state index contributed by atoms with van der Waals surface area (Å²) in [5, 5.41) is 0. The van der Waals surface area contributed by atoms with E-state index in [0.29, 0.717) is 17.5 Å². The lowest BCUT2D eigenvalue weighted by molar-refractivity contribution is -0.132. The molecule has 0 unspecified atom stereocenters. The van der Waals surface area contributed by atoms with E-state index >= 15 is 0 Å². The Hall–Kier alpha value is -2.11. The molecule has 1 amide bonds. The van der Waals surface area contributed by atoms with Crippen LogP contribution in [0.5, 0.6) is 0 Å². The smallest absolute Gasteiger partial charge is 0.330 e. The maximum atomic E-state index is 12.6. The van der Waals surface area contributed by atoms with Gasteiger partial charge in [0.25, 0.3) is 5.56 Å². The Morgan fingerprint density at radius 2 is 1.83 bits per heavy atom. The number of hydrogen-bond donors (Lipinski definition) is 0. The Morgan fingerprint density at radius 1 is 1.12 bits per heavy atom. The summed E-state index contributed by atoms with van der Waals surface area (Å²) in [6.07, 6.45) is 11.6. The number of aryl methyl sites for hydroxylation is 1. The molecule has 0 bridgehead atoms. The molecule has 1 saturated heterocycles. The first-order chi connectivity index (χ1) is 11.5. The second-order valence-corrected chi connectivity index (χ2v) is 6.96. The number of likely N-dealkylation sites (tertiary alicyclic amines) is 1. The molecule has 130 valence electrons. The molecule has 24 heavy (non-hydrogen) atoms. The molecule has 2 aliphatic rings. The van der Waals surface area contributed by atoms with Gasteiger partial charge in [-0.2, -0.15) is 0 Å². The molecule has 2 atom stereocenters. The number of amides is 1. The van der Waals surface area contributed by atoms with Crippen LogP contribution in [0.4, 0.5) is 0 Å². The van der Waals surface area contributed by atoms with Crippen LogP contribution in [0.3, 0.4) is 0 Å². The SMILES string of the molecule is Cn1cc(/C=C/C(=O)N2CCC[C@@H]3CCCC[C@H]32)c(=O)n(C)c1=O. The Balaban J connectivity index is 1.80. The third-order valence-corrected chi connectivity index (χ3v) is 5.40. The molecule has 0 radical (unpaired) electrons. The van der Waals surface area contributed by atoms with E-state index < -0.39 is 0 Å². The summed E-state index contributed by atoms with van der Waals surface area (Å²) in [6.45, 7) is 0.801. The summed E-state index contributed by atoms with van der Waals surface area (Å²) in [5.41, 5.74) is -0.397. The Kier molecular flexibility index (Phi) is 4.73. The highest BCUT2D eigenvalue weighted by Crippen LogP contribution is 2.35. The average Bonchev–Trinajstić information content (AvgIpc) is 2.61. The molecule has 0 N–H and O–H groups in total. The minimum Gasteiger partial charge on any atom is -0.336 e. The molecule has 6 nitrogen and oxygen atoms in total. The van der Waals surface area contributed by atoms with Gasteiger partial charge in [0, 0.05) is 39.0 Å². The summed E-state index contributed by atoms with van der Waals surface area (Å²) < 4.78 is 2.41. The second-order valence-electron chi connectivity index (χ2n) is 6.96. The van der Waals surface area contributed by atoms with Crippen LogP contribution >= 0.6 is 0 Å². The van der Waals surface area contributed by atoms with Crippen molar-refractivity contribution in [1.29, 1.82) is 0 Å². The van der Waals surface area contributed by atoms with Crippen LogP contribution in [0.25, 0.3) is 6.08 Å². The van der Waals surface area contributed by atoms with Crippen molar-refractivity contribution in [2.45, 2.75) is 44.6 Å². The van der Waals surface area contributed by atoms with E-state index in [9.17, 15) is 14.4 Å². The molecule has 2 heterocycles. The molecule has 1 saturated carbocycles. The maximum absolute atomic E-state index is 12.6. The standard InChI is InChI=1S/C18H25N3O3/c1-19-12-14(17(23)20(2)18(19)24)9-10-16(22)21-11-5-7-13-6-3-4-8-15(13)21/h9-10,12-13,15H,3-8,11H2,1-2H3/b10-9+/t13-,15+/m0/s1. The van der Waals surface area contributed by atoms with Gasteiger partial charge in [-0.3, -0.25) is 14.2 Å². The number of aromatic nitrogens is 2. The molecule has 1 aromatic heterocycles. The van der Waals surface area contributed by atoms with Gasteiger partial charge in [0.2, 0.25) is 5.91 Å². The highest BCUT2D eigenvalue weighted by atomic mass is 16.2. The normalized spacial score (nSPS) is 24.2. The quantitative estimate of drug-likeness (QED) is 0.767. The molecular weight excluding hydrogens is 306 g/mol. The first kappa shape index (κ1) is 16.7. The van der Waals surface area contributed by atoms with Gasteiger partial charge >= 0.3 is 5.69 Å². The molecule has 3 rings (SSSR count). The van der Waals surface area contributed by atoms with E-state index in [0.717, 1.165) is 24.0 Å². The highest BCUT2D eigenvalue weighted by molar-refractivity contribution is 5.92. The lowest BCUT2D eigenvalue weighted by Gasteiger charge is -2.43. The molecule has 1 aliphatic heterocycles. The molecule has 2 fully saturated rings. The van der Waals surface area contributed by atoms with E-state index in [4.69, 9.17) is 0 Å². The fraction of sp³-hybridized carbons (Fsp3) is 0.611. The number of carbonyl (C=O) groups excluding carboxylic acids is 1. The molecule has 1 aromatic rings. The van der Waals surface area contributed by atoms with Gasteiger partial charge in [0.05, 0.1) is 5.56 Å². The van der Waals surface area contributed by atoms with Crippen LogP contribution in [0.1, 0.15) is 44.1 Å². The summed E-state index contributed by atoms with van der Waals surface area (Å²) in [7, 11) is 3.04. The van der Waals surface area contributed by atoms with E-state index in [-0.39, 0.29) is 17.2 Å². The lowest BCUT2D eigenvalue weighted by atomic mass is 9.78. The summed E-state index contributed by atoms with van der Waals surface area (Å²) in [5.74, 6) is 0.609. The zero-order valence-electron chi connectivity index (χ0n) is 14.4. The molecule has 6 heteroatoms. The molecular formula is C18H25N3O3. The van der Waals surface area contributed by atoms with Crippen molar-refractivity contribution in [3.05, 3.63) is 38.7 Å². The van der Waals surface area contributed by atoms with E-state index in [1.165, 1.54) is 55.6 Å². The number of carbonyl (C=O) groups is 1. The van der Waals surface area contributed by atoms with Gasteiger partial charge in [-0.1, -0.05) is 12.8 Å². The van der Waals surface area contributed by atoms with Crippen LogP contribution in [0.2, 0.25) is 0 Å².